The van der Waals surface area contributed by atoms with E-state index < -0.39 is 0 Å². The van der Waals surface area contributed by atoms with Crippen molar-refractivity contribution in [3.63, 3.8) is 0 Å². The first-order chi connectivity index (χ1) is 6.24. The second-order valence-corrected chi connectivity index (χ2v) is 3.96. The van der Waals surface area contributed by atoms with Gasteiger partial charge in [0.05, 0.1) is 13.2 Å². The van der Waals surface area contributed by atoms with Crippen molar-refractivity contribution in [2.24, 2.45) is 11.7 Å². The smallest absolute Gasteiger partial charge is 0.0594 e. The number of morpholine rings is 1. The lowest BCUT2D eigenvalue weighted by Crippen LogP contribution is -2.45. The first-order valence-corrected chi connectivity index (χ1v) is 5.29. The molecule has 13 heavy (non-hydrogen) atoms. The van der Waals surface area contributed by atoms with Gasteiger partial charge in [-0.2, -0.15) is 0 Å². The van der Waals surface area contributed by atoms with Crippen molar-refractivity contribution in [3.8, 4) is 0 Å². The molecule has 0 aliphatic carbocycles. The van der Waals surface area contributed by atoms with Gasteiger partial charge < -0.3 is 10.5 Å². The summed E-state index contributed by atoms with van der Waals surface area (Å²) in [5, 5.41) is 0. The van der Waals surface area contributed by atoms with Gasteiger partial charge in [-0.3, -0.25) is 4.90 Å². The predicted molar refractivity (Wildman–Crippen MR) is 54.7 cm³/mol. The van der Waals surface area contributed by atoms with Crippen molar-refractivity contribution < 1.29 is 4.74 Å². The summed E-state index contributed by atoms with van der Waals surface area (Å²) >= 11 is 0. The average Bonchev–Trinajstić information content (AvgIpc) is 2.18. The molecule has 0 radical (unpaired) electrons. The number of nitrogens with two attached hydrogens (primary N) is 1. The third kappa shape index (κ3) is 3.63. The third-order valence-electron chi connectivity index (χ3n) is 2.95. The molecule has 0 aromatic carbocycles. The Bertz CT molecular complexity index is 135. The van der Waals surface area contributed by atoms with Crippen molar-refractivity contribution in [2.45, 2.75) is 26.3 Å². The van der Waals surface area contributed by atoms with E-state index in [1.54, 1.807) is 0 Å². The Labute approximate surface area is 81.2 Å². The van der Waals surface area contributed by atoms with Crippen LogP contribution < -0.4 is 5.73 Å². The fourth-order valence-corrected chi connectivity index (χ4v) is 1.56. The normalized spacial score (nSPS) is 24.2. The molecular formula is C10H22N2O. The molecule has 0 bridgehead atoms. The Balaban J connectivity index is 2.21. The van der Waals surface area contributed by atoms with Gasteiger partial charge in [-0.1, -0.05) is 20.3 Å². The summed E-state index contributed by atoms with van der Waals surface area (Å²) < 4.78 is 5.29. The molecule has 78 valence electrons. The van der Waals surface area contributed by atoms with E-state index in [2.05, 4.69) is 18.7 Å². The van der Waals surface area contributed by atoms with Crippen molar-refractivity contribution in [3.05, 3.63) is 0 Å². The number of hydrogen-bond acceptors (Lipinski definition) is 3. The van der Waals surface area contributed by atoms with Crippen LogP contribution in [-0.2, 0) is 4.74 Å². The molecule has 2 N–H and O–H groups in total. The first kappa shape index (κ1) is 11.0. The molecule has 2 atom stereocenters. The van der Waals surface area contributed by atoms with Gasteiger partial charge in [0.2, 0.25) is 0 Å². The van der Waals surface area contributed by atoms with Crippen LogP contribution in [-0.4, -0.2) is 43.8 Å². The molecule has 1 aliphatic rings. The summed E-state index contributed by atoms with van der Waals surface area (Å²) in [4.78, 5) is 2.40. The zero-order valence-corrected chi connectivity index (χ0v) is 8.83. The molecule has 1 rings (SSSR count). The lowest BCUT2D eigenvalue weighted by Gasteiger charge is -2.30. The maximum absolute atomic E-state index is 6.08. The highest BCUT2D eigenvalue weighted by Crippen LogP contribution is 2.07. The molecule has 3 heteroatoms. The maximum atomic E-state index is 6.08. The number of nitrogens with zero attached hydrogens (tertiary/aromatic N) is 1. The van der Waals surface area contributed by atoms with Crippen molar-refractivity contribution in [1.82, 2.24) is 4.90 Å². The molecule has 0 spiro atoms. The molecule has 1 saturated heterocycles. The van der Waals surface area contributed by atoms with Crippen LogP contribution in [0.1, 0.15) is 20.3 Å². The average molecular weight is 186 g/mol. The number of ether oxygens (including phenoxy) is 1. The van der Waals surface area contributed by atoms with Crippen LogP contribution in [0.4, 0.5) is 0 Å². The minimum Gasteiger partial charge on any atom is -0.379 e. The highest BCUT2D eigenvalue weighted by atomic mass is 16.5. The fraction of sp³-hybridized carbons (Fsp3) is 1.00. The van der Waals surface area contributed by atoms with E-state index in [0.717, 1.165) is 32.8 Å². The molecule has 1 heterocycles. The summed E-state index contributed by atoms with van der Waals surface area (Å²) in [5.41, 5.74) is 6.08. The van der Waals surface area contributed by atoms with Crippen LogP contribution in [0.5, 0.6) is 0 Å². The molecule has 2 unspecified atom stereocenters. The Hall–Kier alpha value is -0.120. The van der Waals surface area contributed by atoms with Crippen LogP contribution in [0, 0.1) is 5.92 Å². The third-order valence-corrected chi connectivity index (χ3v) is 2.95. The lowest BCUT2D eigenvalue weighted by molar-refractivity contribution is 0.0328. The second kappa shape index (κ2) is 5.58. The maximum Gasteiger partial charge on any atom is 0.0594 e. The predicted octanol–water partition coefficient (Wildman–Crippen LogP) is 0.692. The van der Waals surface area contributed by atoms with Gasteiger partial charge in [0.1, 0.15) is 0 Å². The Kier molecular flexibility index (Phi) is 4.70. The highest BCUT2D eigenvalue weighted by molar-refractivity contribution is 4.74. The molecule has 0 aromatic heterocycles. The SMILES string of the molecule is CCC(C)C(N)CN1CCOCC1. The molecule has 0 amide bonds. The Morgan fingerprint density at radius 1 is 1.38 bits per heavy atom. The monoisotopic (exact) mass is 186 g/mol. The van der Waals surface area contributed by atoms with E-state index in [4.69, 9.17) is 10.5 Å². The van der Waals surface area contributed by atoms with Crippen LogP contribution in [0.2, 0.25) is 0 Å². The molecular weight excluding hydrogens is 164 g/mol. The lowest BCUT2D eigenvalue weighted by atomic mass is 9.99. The van der Waals surface area contributed by atoms with Crippen LogP contribution in [0.3, 0.4) is 0 Å². The van der Waals surface area contributed by atoms with Crippen LogP contribution >= 0.6 is 0 Å². The zero-order valence-electron chi connectivity index (χ0n) is 8.83. The summed E-state index contributed by atoms with van der Waals surface area (Å²) in [6.07, 6.45) is 1.17. The number of hydrogen-bond donors (Lipinski definition) is 1. The van der Waals surface area contributed by atoms with Crippen LogP contribution in [0.15, 0.2) is 0 Å². The topological polar surface area (TPSA) is 38.5 Å². The van der Waals surface area contributed by atoms with Gasteiger partial charge in [-0.15, -0.1) is 0 Å². The molecule has 3 nitrogen and oxygen atoms in total. The van der Waals surface area contributed by atoms with Gasteiger partial charge in [0.25, 0.3) is 0 Å². The van der Waals surface area contributed by atoms with Gasteiger partial charge in [0, 0.05) is 25.7 Å². The Morgan fingerprint density at radius 2 is 2.00 bits per heavy atom. The largest absolute Gasteiger partial charge is 0.379 e. The quantitative estimate of drug-likeness (QED) is 0.702. The van der Waals surface area contributed by atoms with E-state index in [1.165, 1.54) is 6.42 Å². The molecule has 0 aromatic rings. The van der Waals surface area contributed by atoms with Crippen LogP contribution in [0.25, 0.3) is 0 Å². The van der Waals surface area contributed by atoms with Gasteiger partial charge in [0.15, 0.2) is 0 Å². The van der Waals surface area contributed by atoms with E-state index in [0.29, 0.717) is 12.0 Å². The fourth-order valence-electron chi connectivity index (χ4n) is 1.56. The summed E-state index contributed by atoms with van der Waals surface area (Å²) in [6.45, 7) is 9.28. The van der Waals surface area contributed by atoms with E-state index >= 15 is 0 Å². The van der Waals surface area contributed by atoms with E-state index in [-0.39, 0.29) is 0 Å². The van der Waals surface area contributed by atoms with Gasteiger partial charge in [-0.05, 0) is 5.92 Å². The zero-order chi connectivity index (χ0) is 9.68. The van der Waals surface area contributed by atoms with E-state index in [9.17, 15) is 0 Å². The van der Waals surface area contributed by atoms with E-state index in [1.807, 2.05) is 0 Å². The minimum atomic E-state index is 0.322. The second-order valence-electron chi connectivity index (χ2n) is 3.96. The standard InChI is InChI=1S/C10H22N2O/c1-3-9(2)10(11)8-12-4-6-13-7-5-12/h9-10H,3-8,11H2,1-2H3. The molecule has 1 fully saturated rings. The molecule has 0 saturated carbocycles. The Morgan fingerprint density at radius 3 is 2.54 bits per heavy atom. The molecule has 1 aliphatic heterocycles. The first-order valence-electron chi connectivity index (χ1n) is 5.29. The van der Waals surface area contributed by atoms with Gasteiger partial charge in [-0.25, -0.2) is 0 Å². The van der Waals surface area contributed by atoms with Gasteiger partial charge >= 0.3 is 0 Å². The van der Waals surface area contributed by atoms with Crippen molar-refractivity contribution >= 4 is 0 Å². The van der Waals surface area contributed by atoms with Crippen molar-refractivity contribution in [1.29, 1.82) is 0 Å². The number of rotatable bonds is 4. The summed E-state index contributed by atoms with van der Waals surface area (Å²) in [5.74, 6) is 0.628. The minimum absolute atomic E-state index is 0.322. The summed E-state index contributed by atoms with van der Waals surface area (Å²) in [7, 11) is 0. The summed E-state index contributed by atoms with van der Waals surface area (Å²) in [6, 6.07) is 0.322. The highest BCUT2D eigenvalue weighted by Gasteiger charge is 2.17. The van der Waals surface area contributed by atoms with Crippen molar-refractivity contribution in [2.75, 3.05) is 32.8 Å².